The van der Waals surface area contributed by atoms with Crippen molar-refractivity contribution in [2.45, 2.75) is 72.6 Å². The quantitative estimate of drug-likeness (QED) is 0.350. The molecule has 2 saturated carbocycles. The summed E-state index contributed by atoms with van der Waals surface area (Å²) in [7, 11) is 0. The molecule has 4 atom stereocenters. The molecule has 3 rings (SSSR count). The van der Waals surface area contributed by atoms with Crippen molar-refractivity contribution in [2.75, 3.05) is 0 Å². The summed E-state index contributed by atoms with van der Waals surface area (Å²) in [6.45, 7) is 19.1. The van der Waals surface area contributed by atoms with Crippen LogP contribution in [0.25, 0.3) is 0 Å². The Labute approximate surface area is 155 Å². The van der Waals surface area contributed by atoms with Gasteiger partial charge in [0, 0.05) is 5.92 Å². The predicted molar refractivity (Wildman–Crippen MR) is 109 cm³/mol. The number of allylic oxidation sites excluding steroid dienone is 3. The zero-order valence-electron chi connectivity index (χ0n) is 16.8. The minimum atomic E-state index is -0.00236. The van der Waals surface area contributed by atoms with E-state index in [0.29, 0.717) is 11.8 Å². The van der Waals surface area contributed by atoms with Crippen LogP contribution in [0.2, 0.25) is 0 Å². The number of hydrogen-bond acceptors (Lipinski definition) is 1. The summed E-state index contributed by atoms with van der Waals surface area (Å²) in [6, 6.07) is 2.04. The lowest BCUT2D eigenvalue weighted by Crippen LogP contribution is -2.48. The molecule has 2 fully saturated rings. The van der Waals surface area contributed by atoms with Gasteiger partial charge in [0.05, 0.1) is 5.41 Å². The van der Waals surface area contributed by atoms with Gasteiger partial charge in [0.15, 0.2) is 6.07 Å². The van der Waals surface area contributed by atoms with E-state index in [1.54, 1.807) is 5.57 Å². The van der Waals surface area contributed by atoms with E-state index in [2.05, 4.69) is 51.5 Å². The van der Waals surface area contributed by atoms with Gasteiger partial charge in [-0.15, -0.1) is 13.2 Å². The number of fused-ring (bicyclic) bond motifs is 3. The van der Waals surface area contributed by atoms with E-state index in [9.17, 15) is 0 Å². The van der Waals surface area contributed by atoms with Crippen molar-refractivity contribution in [3.8, 4) is 17.9 Å². The van der Waals surface area contributed by atoms with Crippen molar-refractivity contribution in [2.24, 2.45) is 22.7 Å². The highest BCUT2D eigenvalue weighted by atomic mass is 14.6. The number of nitrogens with zero attached hydrogens (tertiary/aromatic N) is 1. The van der Waals surface area contributed by atoms with Crippen molar-refractivity contribution < 1.29 is 0 Å². The summed E-state index contributed by atoms with van der Waals surface area (Å²) in [5.74, 6) is 7.43. The Kier molecular flexibility index (Phi) is 7.76. The second kappa shape index (κ2) is 9.10. The maximum Gasteiger partial charge on any atom is 0.152 e. The van der Waals surface area contributed by atoms with Gasteiger partial charge < -0.3 is 0 Å². The zero-order valence-corrected chi connectivity index (χ0v) is 16.8. The van der Waals surface area contributed by atoms with E-state index in [1.165, 1.54) is 31.3 Å². The minimum absolute atomic E-state index is 0.00236. The van der Waals surface area contributed by atoms with Crippen LogP contribution in [-0.4, -0.2) is 0 Å². The van der Waals surface area contributed by atoms with Gasteiger partial charge in [-0.05, 0) is 67.8 Å². The molecule has 0 heterocycles. The van der Waals surface area contributed by atoms with E-state index in [4.69, 9.17) is 5.26 Å². The van der Waals surface area contributed by atoms with Crippen molar-refractivity contribution in [1.82, 2.24) is 0 Å². The second-order valence-corrected chi connectivity index (χ2v) is 7.46. The first-order valence-electron chi connectivity index (χ1n) is 9.83. The molecule has 0 aliphatic heterocycles. The summed E-state index contributed by atoms with van der Waals surface area (Å²) < 4.78 is 0. The Morgan fingerprint density at radius 2 is 1.88 bits per heavy atom. The summed E-state index contributed by atoms with van der Waals surface area (Å²) in [5, 5.41) is 8.90. The lowest BCUT2D eigenvalue weighted by molar-refractivity contribution is 0.0561. The van der Waals surface area contributed by atoms with Crippen LogP contribution in [0.5, 0.6) is 0 Å². The lowest BCUT2D eigenvalue weighted by atomic mass is 9.46. The zero-order chi connectivity index (χ0) is 19.1. The molecule has 4 unspecified atom stereocenters. The Bertz CT molecular complexity index is 608. The molecule has 25 heavy (non-hydrogen) atoms. The van der Waals surface area contributed by atoms with Gasteiger partial charge in [-0.25, -0.2) is 0 Å². The van der Waals surface area contributed by atoms with Gasteiger partial charge in [-0.2, -0.15) is 5.26 Å². The van der Waals surface area contributed by atoms with Crippen LogP contribution in [0.4, 0.5) is 0 Å². The van der Waals surface area contributed by atoms with Crippen LogP contribution in [0.15, 0.2) is 37.0 Å². The van der Waals surface area contributed by atoms with E-state index in [-0.39, 0.29) is 10.8 Å². The topological polar surface area (TPSA) is 23.8 Å². The van der Waals surface area contributed by atoms with Gasteiger partial charge in [-0.1, -0.05) is 51.8 Å². The van der Waals surface area contributed by atoms with E-state index in [1.807, 2.05) is 19.9 Å². The Morgan fingerprint density at radius 3 is 2.52 bits per heavy atom. The summed E-state index contributed by atoms with van der Waals surface area (Å²) >= 11 is 0. The minimum Gasteiger partial charge on any atom is -0.183 e. The Hall–Kier alpha value is -1.73. The van der Waals surface area contributed by atoms with Crippen molar-refractivity contribution in [3.63, 3.8) is 0 Å². The molecule has 0 amide bonds. The maximum atomic E-state index is 8.90. The third kappa shape index (κ3) is 3.77. The van der Waals surface area contributed by atoms with Crippen molar-refractivity contribution in [3.05, 3.63) is 37.0 Å². The van der Waals surface area contributed by atoms with E-state index in [0.717, 1.165) is 19.3 Å². The fourth-order valence-corrected chi connectivity index (χ4v) is 5.33. The van der Waals surface area contributed by atoms with Crippen LogP contribution < -0.4 is 0 Å². The molecular weight excluding hydrogens is 302 g/mol. The molecule has 0 aromatic heterocycles. The maximum absolute atomic E-state index is 8.90. The van der Waals surface area contributed by atoms with Crippen LogP contribution in [0.1, 0.15) is 72.6 Å². The number of rotatable bonds is 0. The molecule has 0 aromatic rings. The Morgan fingerprint density at radius 1 is 1.20 bits per heavy atom. The number of nitriles is 1. The number of hydrogen-bond donors (Lipinski definition) is 0. The summed E-state index contributed by atoms with van der Waals surface area (Å²) in [5.41, 5.74) is 3.27. The first kappa shape index (κ1) is 21.3. The lowest BCUT2D eigenvalue weighted by Gasteiger charge is -2.57. The summed E-state index contributed by atoms with van der Waals surface area (Å²) in [6.07, 6.45) is 10.7. The molecule has 1 nitrogen and oxygen atoms in total. The first-order chi connectivity index (χ1) is 12.0. The largest absolute Gasteiger partial charge is 0.183 e. The highest BCUT2D eigenvalue weighted by molar-refractivity contribution is 5.40. The normalized spacial score (nSPS) is 35.5. The van der Waals surface area contributed by atoms with Crippen LogP contribution >= 0.6 is 0 Å². The molecule has 136 valence electrons. The average Bonchev–Trinajstić information content (AvgIpc) is 2.67. The fraction of sp³-hybridized carbons (Fsp3) is 0.625. The Balaban J connectivity index is 0.000000730. The molecule has 0 N–H and O–H groups in total. The second-order valence-electron chi connectivity index (χ2n) is 7.46. The molecule has 3 aliphatic carbocycles. The smallest absolute Gasteiger partial charge is 0.152 e. The first-order valence-corrected chi connectivity index (χ1v) is 9.83. The average molecular weight is 338 g/mol. The van der Waals surface area contributed by atoms with Gasteiger partial charge in [0.2, 0.25) is 0 Å². The molecular formula is C24H35N. The van der Waals surface area contributed by atoms with Gasteiger partial charge in [-0.3, -0.25) is 0 Å². The highest BCUT2D eigenvalue weighted by Crippen LogP contribution is 2.63. The van der Waals surface area contributed by atoms with E-state index >= 15 is 0 Å². The van der Waals surface area contributed by atoms with E-state index < -0.39 is 0 Å². The van der Waals surface area contributed by atoms with Crippen molar-refractivity contribution >= 4 is 0 Å². The third-order valence-corrected chi connectivity index (χ3v) is 6.56. The predicted octanol–water partition coefficient (Wildman–Crippen LogP) is 6.84. The molecule has 1 heteroatoms. The third-order valence-electron chi connectivity index (χ3n) is 6.56. The fourth-order valence-electron chi connectivity index (χ4n) is 5.33. The van der Waals surface area contributed by atoms with Gasteiger partial charge in [0.1, 0.15) is 0 Å². The molecule has 3 aliphatic rings. The van der Waals surface area contributed by atoms with Crippen LogP contribution in [0, 0.1) is 45.8 Å². The van der Waals surface area contributed by atoms with Gasteiger partial charge >= 0.3 is 0 Å². The van der Waals surface area contributed by atoms with Crippen LogP contribution in [0.3, 0.4) is 0 Å². The molecule has 0 radical (unpaired) electrons. The van der Waals surface area contributed by atoms with Gasteiger partial charge in [0.25, 0.3) is 0 Å². The molecule has 0 spiro atoms. The standard InChI is InChI=1S/C20H25N.C2H6.C2H4/c1-15-8-12-19(3)17(16(15)2)9-13-20(11-6-14-21)10-5-4-7-18(19)20;2*1-2/h7,16-17H,1,4-5,8-10,12-13H2,2-3H3;1-2H3;1-2H2. The SMILES string of the molecule is C=C.C=C1CCC2(C)C3=CCCCC3(C#CC#N)CCC2C1C.CC. The molecule has 0 aromatic carbocycles. The van der Waals surface area contributed by atoms with Crippen LogP contribution in [-0.2, 0) is 0 Å². The highest BCUT2D eigenvalue weighted by Gasteiger charge is 2.54. The molecule has 0 bridgehead atoms. The monoisotopic (exact) mass is 337 g/mol. The summed E-state index contributed by atoms with van der Waals surface area (Å²) in [4.78, 5) is 0. The molecule has 0 saturated heterocycles. The van der Waals surface area contributed by atoms with Crippen molar-refractivity contribution in [1.29, 1.82) is 5.26 Å².